The number of carbonyl (C=O) groups is 1. The summed E-state index contributed by atoms with van der Waals surface area (Å²) in [4.78, 5) is 13.9. The third kappa shape index (κ3) is 5.07. The minimum absolute atomic E-state index is 0.0346. The molecule has 1 aromatic carbocycles. The summed E-state index contributed by atoms with van der Waals surface area (Å²) >= 11 is 0. The number of nitrogens with zero attached hydrogens (tertiary/aromatic N) is 1. The molecule has 0 atom stereocenters. The largest absolute Gasteiger partial charge is 0.399 e. The van der Waals surface area contributed by atoms with Crippen molar-refractivity contribution in [2.24, 2.45) is 0 Å². The van der Waals surface area contributed by atoms with Gasteiger partial charge in [-0.05, 0) is 30.5 Å². The minimum Gasteiger partial charge on any atom is -0.399 e. The minimum atomic E-state index is -0.0663. The van der Waals surface area contributed by atoms with E-state index >= 15 is 0 Å². The molecule has 20 heavy (non-hydrogen) atoms. The van der Waals surface area contributed by atoms with Crippen molar-refractivity contribution in [2.75, 3.05) is 37.8 Å². The number of carbonyl (C=O) groups excluding carboxylic acids is 1. The molecule has 6 heteroatoms. The first-order chi connectivity index (χ1) is 9.58. The molecule has 6 N–H and O–H groups in total. The molecule has 0 spiro atoms. The fraction of sp³-hybridized carbons (Fsp3) is 0.500. The average Bonchev–Trinajstić information content (AvgIpc) is 2.42. The lowest BCUT2D eigenvalue weighted by Gasteiger charge is -2.22. The quantitative estimate of drug-likeness (QED) is 0.500. The first kappa shape index (κ1) is 16.3. The highest BCUT2D eigenvalue weighted by atomic mass is 16.3. The maximum absolute atomic E-state index is 12.2. The average molecular weight is 281 g/mol. The van der Waals surface area contributed by atoms with Crippen LogP contribution in [-0.4, -0.2) is 47.3 Å². The highest BCUT2D eigenvalue weighted by Gasteiger charge is 2.14. The normalized spacial score (nSPS) is 10.5. The second-order valence-electron chi connectivity index (χ2n) is 4.67. The van der Waals surface area contributed by atoms with Crippen molar-refractivity contribution < 1.29 is 15.0 Å². The lowest BCUT2D eigenvalue weighted by Crippen LogP contribution is -2.35. The number of hydrogen-bond donors (Lipinski definition) is 4. The SMILES string of the molecule is Nc1ccc(CC(=O)N(CCCO)CCCO)c(N)c1. The van der Waals surface area contributed by atoms with Gasteiger partial charge < -0.3 is 26.6 Å². The van der Waals surface area contributed by atoms with Crippen LogP contribution in [0.1, 0.15) is 18.4 Å². The maximum Gasteiger partial charge on any atom is 0.227 e. The third-order valence-electron chi connectivity index (χ3n) is 3.04. The summed E-state index contributed by atoms with van der Waals surface area (Å²) in [5.41, 5.74) is 13.3. The Hall–Kier alpha value is -1.79. The van der Waals surface area contributed by atoms with Gasteiger partial charge in [-0.15, -0.1) is 0 Å². The molecule has 0 aliphatic heterocycles. The first-order valence-corrected chi connectivity index (χ1v) is 6.72. The third-order valence-corrected chi connectivity index (χ3v) is 3.04. The lowest BCUT2D eigenvalue weighted by atomic mass is 10.1. The Morgan fingerprint density at radius 3 is 2.20 bits per heavy atom. The van der Waals surface area contributed by atoms with Crippen LogP contribution in [0.4, 0.5) is 11.4 Å². The van der Waals surface area contributed by atoms with Crippen molar-refractivity contribution in [3.05, 3.63) is 23.8 Å². The molecule has 112 valence electrons. The van der Waals surface area contributed by atoms with Crippen LogP contribution in [0.3, 0.4) is 0 Å². The Morgan fingerprint density at radius 2 is 1.70 bits per heavy atom. The number of aliphatic hydroxyl groups is 2. The van der Waals surface area contributed by atoms with Gasteiger partial charge >= 0.3 is 0 Å². The van der Waals surface area contributed by atoms with Crippen molar-refractivity contribution >= 4 is 17.3 Å². The molecule has 0 saturated heterocycles. The van der Waals surface area contributed by atoms with Gasteiger partial charge in [0.05, 0.1) is 6.42 Å². The van der Waals surface area contributed by atoms with Gasteiger partial charge in [0.1, 0.15) is 0 Å². The number of rotatable bonds is 8. The van der Waals surface area contributed by atoms with Gasteiger partial charge in [0, 0.05) is 37.7 Å². The first-order valence-electron chi connectivity index (χ1n) is 6.72. The van der Waals surface area contributed by atoms with Gasteiger partial charge in [-0.1, -0.05) is 6.07 Å². The summed E-state index contributed by atoms with van der Waals surface area (Å²) in [6.07, 6.45) is 1.24. The Labute approximate surface area is 119 Å². The Kier molecular flexibility index (Phi) is 6.83. The molecule has 1 amide bonds. The van der Waals surface area contributed by atoms with Crippen LogP contribution in [0.25, 0.3) is 0 Å². The van der Waals surface area contributed by atoms with Crippen molar-refractivity contribution in [1.82, 2.24) is 4.90 Å². The van der Waals surface area contributed by atoms with E-state index in [0.717, 1.165) is 5.56 Å². The number of benzene rings is 1. The van der Waals surface area contributed by atoms with Crippen molar-refractivity contribution in [1.29, 1.82) is 0 Å². The van der Waals surface area contributed by atoms with Crippen molar-refractivity contribution in [3.8, 4) is 0 Å². The van der Waals surface area contributed by atoms with Crippen LogP contribution in [0.5, 0.6) is 0 Å². The summed E-state index contributed by atoms with van der Waals surface area (Å²) in [7, 11) is 0. The van der Waals surface area contributed by atoms with Crippen LogP contribution in [0, 0.1) is 0 Å². The van der Waals surface area contributed by atoms with Crippen molar-refractivity contribution in [2.45, 2.75) is 19.3 Å². The molecule has 0 radical (unpaired) electrons. The van der Waals surface area contributed by atoms with Gasteiger partial charge in [-0.25, -0.2) is 0 Å². The summed E-state index contributed by atoms with van der Waals surface area (Å²) < 4.78 is 0. The second kappa shape index (κ2) is 8.39. The van der Waals surface area contributed by atoms with Crippen LogP contribution in [-0.2, 0) is 11.2 Å². The predicted molar refractivity (Wildman–Crippen MR) is 79.0 cm³/mol. The number of nitrogen functional groups attached to an aromatic ring is 2. The van der Waals surface area contributed by atoms with Crippen LogP contribution < -0.4 is 11.5 Å². The molecule has 0 aliphatic rings. The molecule has 0 unspecified atom stereocenters. The molecule has 0 aromatic heterocycles. The van der Waals surface area contributed by atoms with Crippen LogP contribution in [0.15, 0.2) is 18.2 Å². The second-order valence-corrected chi connectivity index (χ2v) is 4.67. The molecule has 0 aliphatic carbocycles. The van der Waals surface area contributed by atoms with E-state index in [0.29, 0.717) is 37.3 Å². The van der Waals surface area contributed by atoms with Crippen molar-refractivity contribution in [3.63, 3.8) is 0 Å². The highest BCUT2D eigenvalue weighted by molar-refractivity contribution is 5.80. The number of aliphatic hydroxyl groups excluding tert-OH is 2. The summed E-state index contributed by atoms with van der Waals surface area (Å²) in [6.45, 7) is 1.02. The zero-order chi connectivity index (χ0) is 15.0. The fourth-order valence-electron chi connectivity index (χ4n) is 1.93. The Morgan fingerprint density at radius 1 is 1.10 bits per heavy atom. The maximum atomic E-state index is 12.2. The summed E-state index contributed by atoms with van der Waals surface area (Å²) in [5.74, 6) is -0.0663. The molecule has 6 nitrogen and oxygen atoms in total. The number of hydrogen-bond acceptors (Lipinski definition) is 5. The molecular formula is C14H23N3O3. The zero-order valence-corrected chi connectivity index (χ0v) is 11.6. The standard InChI is InChI=1S/C14H23N3O3/c15-12-4-3-11(13(16)10-12)9-14(20)17(5-1-7-18)6-2-8-19/h3-4,10,18-19H,1-2,5-9,15-16H2. The van der Waals surface area contributed by atoms with E-state index in [1.54, 1.807) is 23.1 Å². The number of anilines is 2. The lowest BCUT2D eigenvalue weighted by molar-refractivity contribution is -0.130. The predicted octanol–water partition coefficient (Wildman–Crippen LogP) is -0.0131. The highest BCUT2D eigenvalue weighted by Crippen LogP contribution is 2.17. The van der Waals surface area contributed by atoms with E-state index < -0.39 is 0 Å². The van der Waals surface area contributed by atoms with E-state index in [2.05, 4.69) is 0 Å². The molecule has 1 rings (SSSR count). The van der Waals surface area contributed by atoms with E-state index in [1.165, 1.54) is 0 Å². The molecular weight excluding hydrogens is 258 g/mol. The van der Waals surface area contributed by atoms with Gasteiger partial charge in [-0.2, -0.15) is 0 Å². The number of amides is 1. The van der Waals surface area contributed by atoms with Gasteiger partial charge in [0.25, 0.3) is 0 Å². The molecule has 0 bridgehead atoms. The smallest absolute Gasteiger partial charge is 0.227 e. The van der Waals surface area contributed by atoms with Gasteiger partial charge in [-0.3, -0.25) is 4.79 Å². The Balaban J connectivity index is 2.68. The molecule has 0 heterocycles. The van der Waals surface area contributed by atoms with E-state index in [4.69, 9.17) is 21.7 Å². The number of nitrogens with two attached hydrogens (primary N) is 2. The fourth-order valence-corrected chi connectivity index (χ4v) is 1.93. The topological polar surface area (TPSA) is 113 Å². The zero-order valence-electron chi connectivity index (χ0n) is 11.6. The summed E-state index contributed by atoms with van der Waals surface area (Å²) in [6, 6.07) is 5.10. The monoisotopic (exact) mass is 281 g/mol. The van der Waals surface area contributed by atoms with E-state index in [-0.39, 0.29) is 25.5 Å². The molecule has 0 saturated carbocycles. The van der Waals surface area contributed by atoms with Gasteiger partial charge in [0.15, 0.2) is 0 Å². The summed E-state index contributed by atoms with van der Waals surface area (Å²) in [5, 5.41) is 17.7. The van der Waals surface area contributed by atoms with E-state index in [9.17, 15) is 4.79 Å². The van der Waals surface area contributed by atoms with Crippen LogP contribution in [0.2, 0.25) is 0 Å². The molecule has 0 fully saturated rings. The van der Waals surface area contributed by atoms with Crippen LogP contribution >= 0.6 is 0 Å². The Bertz CT molecular complexity index is 430. The van der Waals surface area contributed by atoms with E-state index in [1.807, 2.05) is 0 Å². The molecule has 1 aromatic rings. The van der Waals surface area contributed by atoms with Gasteiger partial charge in [0.2, 0.25) is 5.91 Å².